The molecule has 6 heteroatoms. The lowest BCUT2D eigenvalue weighted by Crippen LogP contribution is -2.43. The quantitative estimate of drug-likeness (QED) is 0.478. The fourth-order valence-corrected chi connectivity index (χ4v) is 2.43. The molecule has 0 spiro atoms. The number of nitrogens with zero attached hydrogens (tertiary/aromatic N) is 1. The normalized spacial score (nSPS) is 27.2. The van der Waals surface area contributed by atoms with E-state index in [2.05, 4.69) is 10.9 Å². The second-order valence-corrected chi connectivity index (χ2v) is 5.17. The molecule has 0 bridgehead atoms. The van der Waals surface area contributed by atoms with Crippen LogP contribution in [-0.4, -0.2) is 24.8 Å². The average molecular weight is 309 g/mol. The number of benzene rings is 1. The number of hydrogen-bond acceptors (Lipinski definition) is 2. The zero-order chi connectivity index (χ0) is 16.0. The first-order valence-corrected chi connectivity index (χ1v) is 6.57. The second-order valence-electron chi connectivity index (χ2n) is 5.17. The Kier molecular flexibility index (Phi) is 3.33. The summed E-state index contributed by atoms with van der Waals surface area (Å²) in [6, 6.07) is 2.45. The van der Waals surface area contributed by atoms with Gasteiger partial charge in [0.25, 0.3) is 0 Å². The van der Waals surface area contributed by atoms with E-state index in [0.29, 0.717) is 6.07 Å². The maximum atomic E-state index is 14.7. The molecule has 0 aromatic heterocycles. The van der Waals surface area contributed by atoms with E-state index >= 15 is 0 Å². The molecule has 3 rings (SSSR count). The summed E-state index contributed by atoms with van der Waals surface area (Å²) in [4.78, 5) is 3.79. The van der Waals surface area contributed by atoms with E-state index in [4.69, 9.17) is 11.2 Å². The standard InChI is InChI=1S/C16H11F4NO/c1-2-10-3-6-14(21-8-10)16(19,20)15(9-22-15)12-5-4-11(17)7-13(12)18/h1,3-7,10H,8-9H2. The Morgan fingerprint density at radius 1 is 1.36 bits per heavy atom. The molecular weight excluding hydrogens is 298 g/mol. The molecule has 2 heterocycles. The Balaban J connectivity index is 1.97. The molecule has 114 valence electrons. The molecule has 1 aromatic rings. The molecular formula is C16H11F4NO. The summed E-state index contributed by atoms with van der Waals surface area (Å²) in [6.45, 7) is -0.326. The van der Waals surface area contributed by atoms with Crippen molar-refractivity contribution in [3.8, 4) is 12.3 Å². The van der Waals surface area contributed by atoms with Crippen molar-refractivity contribution in [2.45, 2.75) is 11.5 Å². The van der Waals surface area contributed by atoms with Crippen LogP contribution in [0.25, 0.3) is 0 Å². The van der Waals surface area contributed by atoms with Crippen LogP contribution in [0.1, 0.15) is 5.56 Å². The third-order valence-corrected chi connectivity index (χ3v) is 3.79. The number of epoxide rings is 1. The Labute approximate surface area is 124 Å². The van der Waals surface area contributed by atoms with E-state index in [0.717, 1.165) is 18.2 Å². The van der Waals surface area contributed by atoms with Gasteiger partial charge in [-0.15, -0.1) is 6.42 Å². The summed E-state index contributed by atoms with van der Waals surface area (Å²) in [6.07, 6.45) is 7.80. The van der Waals surface area contributed by atoms with Gasteiger partial charge >= 0.3 is 5.92 Å². The molecule has 1 aromatic carbocycles. The number of terminal acetylenes is 1. The minimum absolute atomic E-state index is 0.0416. The Morgan fingerprint density at radius 2 is 2.09 bits per heavy atom. The van der Waals surface area contributed by atoms with Crippen molar-refractivity contribution in [1.29, 1.82) is 0 Å². The van der Waals surface area contributed by atoms with Crippen LogP contribution in [0.3, 0.4) is 0 Å². The fraction of sp³-hybridized carbons (Fsp3) is 0.312. The van der Waals surface area contributed by atoms with Gasteiger partial charge in [0, 0.05) is 11.6 Å². The van der Waals surface area contributed by atoms with E-state index in [1.807, 2.05) is 0 Å². The van der Waals surface area contributed by atoms with E-state index in [1.165, 1.54) is 6.08 Å². The lowest BCUT2D eigenvalue weighted by Gasteiger charge is -2.26. The molecule has 0 radical (unpaired) electrons. The van der Waals surface area contributed by atoms with Crippen molar-refractivity contribution in [3.05, 3.63) is 47.5 Å². The molecule has 2 aliphatic heterocycles. The van der Waals surface area contributed by atoms with Gasteiger partial charge in [-0.25, -0.2) is 8.78 Å². The summed E-state index contributed by atoms with van der Waals surface area (Å²) in [7, 11) is 0. The number of aliphatic imine (C=N–C) groups is 1. The van der Waals surface area contributed by atoms with Crippen molar-refractivity contribution in [2.75, 3.05) is 13.2 Å². The smallest absolute Gasteiger partial charge is 0.324 e. The molecule has 0 N–H and O–H groups in total. The van der Waals surface area contributed by atoms with Gasteiger partial charge in [-0.05, 0) is 18.2 Å². The van der Waals surface area contributed by atoms with Crippen LogP contribution in [0.4, 0.5) is 17.6 Å². The lowest BCUT2D eigenvalue weighted by molar-refractivity contribution is -0.0147. The third kappa shape index (κ3) is 2.13. The van der Waals surface area contributed by atoms with Gasteiger partial charge in [0.2, 0.25) is 0 Å². The lowest BCUT2D eigenvalue weighted by atomic mass is 9.88. The Bertz CT molecular complexity index is 713. The summed E-state index contributed by atoms with van der Waals surface area (Å²) in [5, 5.41) is 0. The molecule has 1 saturated heterocycles. The minimum Gasteiger partial charge on any atom is -0.357 e. The van der Waals surface area contributed by atoms with Gasteiger partial charge in [-0.1, -0.05) is 12.0 Å². The third-order valence-electron chi connectivity index (χ3n) is 3.79. The fourth-order valence-electron chi connectivity index (χ4n) is 2.43. The van der Waals surface area contributed by atoms with E-state index in [9.17, 15) is 17.6 Å². The summed E-state index contributed by atoms with van der Waals surface area (Å²) < 4.78 is 61.2. The molecule has 0 saturated carbocycles. The predicted octanol–water partition coefficient (Wildman–Crippen LogP) is 3.09. The molecule has 0 amide bonds. The van der Waals surface area contributed by atoms with Crippen LogP contribution in [0, 0.1) is 29.9 Å². The highest BCUT2D eigenvalue weighted by molar-refractivity contribution is 6.02. The average Bonchev–Trinajstić information content (AvgIpc) is 3.29. The van der Waals surface area contributed by atoms with Crippen molar-refractivity contribution in [3.63, 3.8) is 0 Å². The van der Waals surface area contributed by atoms with Crippen molar-refractivity contribution in [1.82, 2.24) is 0 Å². The first-order chi connectivity index (χ1) is 10.4. The van der Waals surface area contributed by atoms with Crippen LogP contribution in [0.5, 0.6) is 0 Å². The van der Waals surface area contributed by atoms with Crippen LogP contribution < -0.4 is 0 Å². The zero-order valence-electron chi connectivity index (χ0n) is 11.3. The first kappa shape index (κ1) is 14.8. The molecule has 2 aliphatic rings. The highest BCUT2D eigenvalue weighted by atomic mass is 19.3. The van der Waals surface area contributed by atoms with Gasteiger partial charge < -0.3 is 4.74 Å². The van der Waals surface area contributed by atoms with Gasteiger partial charge in [0.05, 0.1) is 19.1 Å². The highest BCUT2D eigenvalue weighted by Crippen LogP contribution is 2.52. The molecule has 22 heavy (non-hydrogen) atoms. The monoisotopic (exact) mass is 309 g/mol. The number of allylic oxidation sites excluding steroid dienone is 1. The van der Waals surface area contributed by atoms with Gasteiger partial charge in [0.15, 0.2) is 5.60 Å². The van der Waals surface area contributed by atoms with Crippen molar-refractivity contribution in [2.24, 2.45) is 10.9 Å². The number of dihydropyridines is 1. The summed E-state index contributed by atoms with van der Waals surface area (Å²) >= 11 is 0. The molecule has 1 fully saturated rings. The first-order valence-electron chi connectivity index (χ1n) is 6.57. The van der Waals surface area contributed by atoms with Gasteiger partial charge in [-0.2, -0.15) is 8.78 Å². The van der Waals surface area contributed by atoms with Crippen LogP contribution in [-0.2, 0) is 10.3 Å². The second kappa shape index (κ2) is 4.96. The van der Waals surface area contributed by atoms with Crippen molar-refractivity contribution < 1.29 is 22.3 Å². The number of hydrogen-bond donors (Lipinski definition) is 0. The topological polar surface area (TPSA) is 24.9 Å². The van der Waals surface area contributed by atoms with Crippen molar-refractivity contribution >= 4 is 5.71 Å². The SMILES string of the molecule is C#CC1C=CC(C(F)(F)C2(c3ccc(F)cc3F)CO2)=NC1. The highest BCUT2D eigenvalue weighted by Gasteiger charge is 2.68. The largest absolute Gasteiger partial charge is 0.357 e. The van der Waals surface area contributed by atoms with E-state index in [1.54, 1.807) is 0 Å². The maximum absolute atomic E-state index is 14.7. The molecule has 2 unspecified atom stereocenters. The number of rotatable bonds is 3. The van der Waals surface area contributed by atoms with Gasteiger partial charge in [0.1, 0.15) is 17.3 Å². The molecule has 0 aliphatic carbocycles. The van der Waals surface area contributed by atoms with Crippen LogP contribution >= 0.6 is 0 Å². The maximum Gasteiger partial charge on any atom is 0.324 e. The van der Waals surface area contributed by atoms with Crippen LogP contribution in [0.2, 0.25) is 0 Å². The summed E-state index contributed by atoms with van der Waals surface area (Å²) in [5.74, 6) is -3.38. The molecule has 2 nitrogen and oxygen atoms in total. The van der Waals surface area contributed by atoms with Gasteiger partial charge in [-0.3, -0.25) is 4.99 Å². The van der Waals surface area contributed by atoms with Crippen LogP contribution in [0.15, 0.2) is 35.3 Å². The van der Waals surface area contributed by atoms with E-state index in [-0.39, 0.29) is 24.6 Å². The minimum atomic E-state index is -3.54. The zero-order valence-corrected chi connectivity index (χ0v) is 11.3. The number of alkyl halides is 2. The summed E-state index contributed by atoms with van der Waals surface area (Å²) in [5.41, 5.74) is -3.04. The van der Waals surface area contributed by atoms with E-state index < -0.39 is 28.9 Å². The Morgan fingerprint density at radius 3 is 2.59 bits per heavy atom. The predicted molar refractivity (Wildman–Crippen MR) is 72.7 cm³/mol. The molecule has 2 atom stereocenters. The number of halogens is 4. The Hall–Kier alpha value is -2.13. The number of ether oxygens (including phenoxy) is 1.